The average Bonchev–Trinajstić information content (AvgIpc) is 2.85. The Balaban J connectivity index is 2.32. The first-order valence-electron chi connectivity index (χ1n) is 6.10. The van der Waals surface area contributed by atoms with E-state index in [0.29, 0.717) is 12.2 Å². The van der Waals surface area contributed by atoms with E-state index in [4.69, 9.17) is 0 Å². The van der Waals surface area contributed by atoms with Gasteiger partial charge in [-0.1, -0.05) is 34.1 Å². The molecule has 0 saturated carbocycles. The standard InChI is InChI=1S/C14H15BrN2O2/c1-2-17-8-7-16-13(17)11(14(18)19)9-10-5-3-4-6-12(10)15/h3-8,11H,2,9H2,1H3,(H,18,19). The van der Waals surface area contributed by atoms with E-state index < -0.39 is 11.9 Å². The lowest BCUT2D eigenvalue weighted by molar-refractivity contribution is -0.139. The maximum Gasteiger partial charge on any atom is 0.314 e. The van der Waals surface area contributed by atoms with Crippen molar-refractivity contribution in [2.75, 3.05) is 0 Å². The molecule has 5 heteroatoms. The number of carboxylic acid groups (broad SMARTS) is 1. The van der Waals surface area contributed by atoms with Crippen LogP contribution in [0.1, 0.15) is 24.2 Å². The molecule has 1 N–H and O–H groups in total. The fraction of sp³-hybridized carbons (Fsp3) is 0.286. The van der Waals surface area contributed by atoms with Crippen molar-refractivity contribution in [1.29, 1.82) is 0 Å². The first-order chi connectivity index (χ1) is 9.13. The molecule has 0 fully saturated rings. The number of imidazole rings is 1. The molecule has 0 bridgehead atoms. The van der Waals surface area contributed by atoms with E-state index in [2.05, 4.69) is 20.9 Å². The fourth-order valence-electron chi connectivity index (χ4n) is 2.07. The van der Waals surface area contributed by atoms with Crippen molar-refractivity contribution >= 4 is 21.9 Å². The van der Waals surface area contributed by atoms with E-state index in [0.717, 1.165) is 16.6 Å². The van der Waals surface area contributed by atoms with Gasteiger partial charge in [-0.25, -0.2) is 4.98 Å². The van der Waals surface area contributed by atoms with Gasteiger partial charge in [0.15, 0.2) is 0 Å². The second kappa shape index (κ2) is 6.02. The van der Waals surface area contributed by atoms with Crippen molar-refractivity contribution in [2.45, 2.75) is 25.8 Å². The molecule has 100 valence electrons. The van der Waals surface area contributed by atoms with Gasteiger partial charge < -0.3 is 9.67 Å². The van der Waals surface area contributed by atoms with E-state index in [1.165, 1.54) is 0 Å². The maximum absolute atomic E-state index is 11.5. The van der Waals surface area contributed by atoms with E-state index in [1.807, 2.05) is 42.0 Å². The lowest BCUT2D eigenvalue weighted by Crippen LogP contribution is -2.19. The van der Waals surface area contributed by atoms with Gasteiger partial charge in [0.1, 0.15) is 11.7 Å². The number of halogens is 1. The van der Waals surface area contributed by atoms with Crippen LogP contribution in [0.5, 0.6) is 0 Å². The van der Waals surface area contributed by atoms with Crippen LogP contribution in [0.15, 0.2) is 41.1 Å². The molecule has 0 aliphatic carbocycles. The summed E-state index contributed by atoms with van der Waals surface area (Å²) in [6.07, 6.45) is 3.88. The van der Waals surface area contributed by atoms with Crippen LogP contribution in [-0.2, 0) is 17.8 Å². The summed E-state index contributed by atoms with van der Waals surface area (Å²) in [5.41, 5.74) is 0.973. The highest BCUT2D eigenvalue weighted by Crippen LogP contribution is 2.25. The summed E-state index contributed by atoms with van der Waals surface area (Å²) in [7, 11) is 0. The molecule has 0 amide bonds. The third-order valence-electron chi connectivity index (χ3n) is 3.08. The number of rotatable bonds is 5. The zero-order chi connectivity index (χ0) is 13.8. The highest BCUT2D eigenvalue weighted by Gasteiger charge is 2.25. The smallest absolute Gasteiger partial charge is 0.314 e. The number of carboxylic acids is 1. The van der Waals surface area contributed by atoms with E-state index in [-0.39, 0.29) is 0 Å². The number of aromatic nitrogens is 2. The third-order valence-corrected chi connectivity index (χ3v) is 3.85. The molecular weight excluding hydrogens is 308 g/mol. The fourth-order valence-corrected chi connectivity index (χ4v) is 2.52. The topological polar surface area (TPSA) is 55.1 Å². The Hall–Kier alpha value is -1.62. The van der Waals surface area contributed by atoms with Gasteiger partial charge in [-0.05, 0) is 25.0 Å². The lowest BCUT2D eigenvalue weighted by atomic mass is 9.98. The normalized spacial score (nSPS) is 12.3. The minimum Gasteiger partial charge on any atom is -0.481 e. The van der Waals surface area contributed by atoms with Gasteiger partial charge in [-0.15, -0.1) is 0 Å². The summed E-state index contributed by atoms with van der Waals surface area (Å²) in [4.78, 5) is 15.7. The van der Waals surface area contributed by atoms with E-state index in [9.17, 15) is 9.90 Å². The number of hydrogen-bond acceptors (Lipinski definition) is 2. The molecular formula is C14H15BrN2O2. The Morgan fingerprint density at radius 1 is 1.47 bits per heavy atom. The minimum absolute atomic E-state index is 0.424. The Morgan fingerprint density at radius 3 is 2.84 bits per heavy atom. The molecule has 0 radical (unpaired) electrons. The highest BCUT2D eigenvalue weighted by molar-refractivity contribution is 9.10. The lowest BCUT2D eigenvalue weighted by Gasteiger charge is -2.14. The molecule has 0 spiro atoms. The van der Waals surface area contributed by atoms with Crippen molar-refractivity contribution in [2.24, 2.45) is 0 Å². The van der Waals surface area contributed by atoms with Gasteiger partial charge in [0.25, 0.3) is 0 Å². The van der Waals surface area contributed by atoms with Gasteiger partial charge in [0.2, 0.25) is 0 Å². The second-order valence-corrected chi connectivity index (χ2v) is 5.11. The van der Waals surface area contributed by atoms with Crippen molar-refractivity contribution in [3.63, 3.8) is 0 Å². The number of aliphatic carboxylic acids is 1. The Bertz CT molecular complexity index is 580. The molecule has 2 rings (SSSR count). The van der Waals surface area contributed by atoms with Crippen molar-refractivity contribution < 1.29 is 9.90 Å². The zero-order valence-corrected chi connectivity index (χ0v) is 12.2. The largest absolute Gasteiger partial charge is 0.481 e. The quantitative estimate of drug-likeness (QED) is 0.920. The van der Waals surface area contributed by atoms with Gasteiger partial charge in [-0.2, -0.15) is 0 Å². The monoisotopic (exact) mass is 322 g/mol. The first kappa shape index (κ1) is 13.8. The molecule has 0 aliphatic rings. The summed E-state index contributed by atoms with van der Waals surface area (Å²) >= 11 is 3.45. The average molecular weight is 323 g/mol. The first-order valence-corrected chi connectivity index (χ1v) is 6.90. The van der Waals surface area contributed by atoms with Gasteiger partial charge in [0.05, 0.1) is 0 Å². The number of nitrogens with zero attached hydrogens (tertiary/aromatic N) is 2. The summed E-state index contributed by atoms with van der Waals surface area (Å²) in [5.74, 6) is -0.879. The molecule has 4 nitrogen and oxygen atoms in total. The molecule has 0 saturated heterocycles. The number of aryl methyl sites for hydroxylation is 1. The Labute approximate surface area is 120 Å². The summed E-state index contributed by atoms with van der Waals surface area (Å²) in [6, 6.07) is 7.67. The SMILES string of the molecule is CCn1ccnc1C(Cc1ccccc1Br)C(=O)O. The van der Waals surface area contributed by atoms with Crippen LogP contribution in [0.3, 0.4) is 0 Å². The van der Waals surface area contributed by atoms with Crippen molar-refractivity contribution in [1.82, 2.24) is 9.55 Å². The van der Waals surface area contributed by atoms with Crippen LogP contribution in [0.25, 0.3) is 0 Å². The van der Waals surface area contributed by atoms with Crippen LogP contribution in [-0.4, -0.2) is 20.6 Å². The summed E-state index contributed by atoms with van der Waals surface area (Å²) in [5, 5.41) is 9.45. The predicted molar refractivity (Wildman–Crippen MR) is 76.1 cm³/mol. The Kier molecular flexibility index (Phi) is 4.37. The maximum atomic E-state index is 11.5. The second-order valence-electron chi connectivity index (χ2n) is 4.26. The predicted octanol–water partition coefficient (Wildman–Crippen LogP) is 3.08. The highest BCUT2D eigenvalue weighted by atomic mass is 79.9. The Morgan fingerprint density at radius 2 is 2.21 bits per heavy atom. The van der Waals surface area contributed by atoms with Crippen molar-refractivity contribution in [3.8, 4) is 0 Å². The number of hydrogen-bond donors (Lipinski definition) is 1. The molecule has 0 aliphatic heterocycles. The van der Waals surface area contributed by atoms with Crippen LogP contribution < -0.4 is 0 Å². The molecule has 1 aromatic heterocycles. The van der Waals surface area contributed by atoms with Crippen LogP contribution >= 0.6 is 15.9 Å². The van der Waals surface area contributed by atoms with Crippen LogP contribution in [0.4, 0.5) is 0 Å². The minimum atomic E-state index is -0.850. The molecule has 1 unspecified atom stereocenters. The van der Waals surface area contributed by atoms with Crippen molar-refractivity contribution in [3.05, 3.63) is 52.5 Å². The number of carbonyl (C=O) groups is 1. The summed E-state index contributed by atoms with van der Waals surface area (Å²) in [6.45, 7) is 2.69. The third kappa shape index (κ3) is 3.04. The van der Waals surface area contributed by atoms with Crippen LogP contribution in [0, 0.1) is 0 Å². The zero-order valence-electron chi connectivity index (χ0n) is 10.6. The van der Waals surface area contributed by atoms with E-state index in [1.54, 1.807) is 6.20 Å². The number of benzene rings is 1. The molecule has 1 heterocycles. The molecule has 19 heavy (non-hydrogen) atoms. The van der Waals surface area contributed by atoms with Gasteiger partial charge >= 0.3 is 5.97 Å². The molecule has 2 aromatic rings. The van der Waals surface area contributed by atoms with Gasteiger partial charge in [0, 0.05) is 23.4 Å². The summed E-state index contributed by atoms with van der Waals surface area (Å²) < 4.78 is 2.80. The van der Waals surface area contributed by atoms with Crippen LogP contribution in [0.2, 0.25) is 0 Å². The molecule has 1 atom stereocenters. The molecule has 1 aromatic carbocycles. The van der Waals surface area contributed by atoms with Gasteiger partial charge in [-0.3, -0.25) is 4.79 Å². The van der Waals surface area contributed by atoms with E-state index >= 15 is 0 Å².